The molecule has 0 aliphatic rings. The summed E-state index contributed by atoms with van der Waals surface area (Å²) >= 11 is 0. The molecule has 0 aromatic heterocycles. The van der Waals surface area contributed by atoms with E-state index in [0.717, 1.165) is 5.56 Å². The van der Waals surface area contributed by atoms with E-state index in [-0.39, 0.29) is 30.4 Å². The number of anilines is 1. The molecule has 0 fully saturated rings. The Morgan fingerprint density at radius 1 is 1.07 bits per heavy atom. The quantitative estimate of drug-likeness (QED) is 0.536. The Morgan fingerprint density at radius 3 is 2.22 bits per heavy atom. The third kappa shape index (κ3) is 10.2. The Kier molecular flexibility index (Phi) is 8.68. The molecule has 27 heavy (non-hydrogen) atoms. The first-order valence-electron chi connectivity index (χ1n) is 8.83. The second kappa shape index (κ2) is 10.5. The molecule has 0 heterocycles. The maximum Gasteiger partial charge on any atom is 0.330 e. The predicted octanol–water partition coefficient (Wildman–Crippen LogP) is 2.05. The molecule has 7 heteroatoms. The lowest BCUT2D eigenvalue weighted by Crippen LogP contribution is -2.46. The molecular formula is C20H29N3O4. The molecule has 0 spiro atoms. The van der Waals surface area contributed by atoms with Crippen LogP contribution < -0.4 is 10.6 Å². The molecule has 0 aliphatic heterocycles. The van der Waals surface area contributed by atoms with E-state index >= 15 is 0 Å². The second-order valence-electron chi connectivity index (χ2n) is 7.23. The van der Waals surface area contributed by atoms with Crippen LogP contribution in [0.5, 0.6) is 0 Å². The van der Waals surface area contributed by atoms with Gasteiger partial charge in [-0.05, 0) is 58.5 Å². The van der Waals surface area contributed by atoms with Crippen LogP contribution in [0.2, 0.25) is 0 Å². The summed E-state index contributed by atoms with van der Waals surface area (Å²) in [6.45, 7) is 8.04. The number of carbonyl (C=O) groups excluding carboxylic acids is 3. The van der Waals surface area contributed by atoms with Gasteiger partial charge in [-0.15, -0.1) is 0 Å². The minimum atomic E-state index is -0.395. The van der Waals surface area contributed by atoms with E-state index in [1.165, 1.54) is 6.08 Å². The highest BCUT2D eigenvalue weighted by atomic mass is 16.5. The van der Waals surface area contributed by atoms with Crippen LogP contribution >= 0.6 is 0 Å². The summed E-state index contributed by atoms with van der Waals surface area (Å²) in [7, 11) is 1.71. The molecule has 1 aromatic carbocycles. The summed E-state index contributed by atoms with van der Waals surface area (Å²) in [4.78, 5) is 36.9. The summed E-state index contributed by atoms with van der Waals surface area (Å²) in [5, 5.41) is 5.63. The van der Waals surface area contributed by atoms with Gasteiger partial charge in [-0.2, -0.15) is 0 Å². The van der Waals surface area contributed by atoms with Crippen LogP contribution in [0.3, 0.4) is 0 Å². The lowest BCUT2D eigenvalue weighted by atomic mass is 10.1. The number of rotatable bonds is 8. The molecule has 2 amide bonds. The van der Waals surface area contributed by atoms with Crippen LogP contribution in [0.1, 0.15) is 33.3 Å². The molecule has 0 bridgehead atoms. The first-order chi connectivity index (χ1) is 12.6. The maximum absolute atomic E-state index is 12.1. The van der Waals surface area contributed by atoms with Gasteiger partial charge < -0.3 is 15.4 Å². The highest BCUT2D eigenvalue weighted by molar-refractivity contribution is 5.93. The number of ether oxygens (including phenoxy) is 1. The van der Waals surface area contributed by atoms with Crippen molar-refractivity contribution < 1.29 is 19.1 Å². The Labute approximate surface area is 160 Å². The van der Waals surface area contributed by atoms with Crippen molar-refractivity contribution >= 4 is 29.5 Å². The number of hydrogen-bond acceptors (Lipinski definition) is 5. The van der Waals surface area contributed by atoms with Crippen LogP contribution in [0.15, 0.2) is 30.3 Å². The number of carbonyl (C=O) groups is 3. The van der Waals surface area contributed by atoms with Crippen molar-refractivity contribution in [3.63, 3.8) is 0 Å². The SMILES string of the molecule is CCOC(=O)/C=C/c1ccc(NC(=O)CN(C)CC(=O)NC(C)(C)C)cc1. The fraction of sp³-hybridized carbons (Fsp3) is 0.450. The number of likely N-dealkylation sites (N-methyl/N-ethyl adjacent to an activating group) is 1. The molecule has 0 unspecified atom stereocenters. The van der Waals surface area contributed by atoms with Crippen molar-refractivity contribution in [2.75, 3.05) is 32.1 Å². The van der Waals surface area contributed by atoms with Gasteiger partial charge in [-0.25, -0.2) is 4.79 Å². The summed E-state index contributed by atoms with van der Waals surface area (Å²) < 4.78 is 4.82. The summed E-state index contributed by atoms with van der Waals surface area (Å²) in [5.41, 5.74) is 1.15. The molecule has 2 N–H and O–H groups in total. The molecule has 148 valence electrons. The standard InChI is InChI=1S/C20H29N3O4/c1-6-27-19(26)12-9-15-7-10-16(11-8-15)21-17(24)13-23(5)14-18(25)22-20(2,3)4/h7-12H,6,13-14H2,1-5H3,(H,21,24)(H,22,25)/b12-9+. The number of hydrogen-bond donors (Lipinski definition) is 2. The molecule has 0 saturated carbocycles. The molecule has 0 atom stereocenters. The molecule has 0 radical (unpaired) electrons. The molecule has 1 aromatic rings. The zero-order valence-corrected chi connectivity index (χ0v) is 16.7. The highest BCUT2D eigenvalue weighted by Gasteiger charge is 2.16. The number of esters is 1. The second-order valence-corrected chi connectivity index (χ2v) is 7.23. The number of benzene rings is 1. The van der Waals surface area contributed by atoms with Gasteiger partial charge in [0.15, 0.2) is 0 Å². The van der Waals surface area contributed by atoms with Gasteiger partial charge in [0, 0.05) is 17.3 Å². The van der Waals surface area contributed by atoms with Gasteiger partial charge in [0.05, 0.1) is 19.7 Å². The Bertz CT molecular complexity index is 675. The van der Waals surface area contributed by atoms with Crippen LogP contribution in [-0.2, 0) is 19.1 Å². The van der Waals surface area contributed by atoms with Gasteiger partial charge >= 0.3 is 5.97 Å². The molecule has 7 nitrogen and oxygen atoms in total. The lowest BCUT2D eigenvalue weighted by Gasteiger charge is -2.23. The zero-order valence-electron chi connectivity index (χ0n) is 16.7. The van der Waals surface area contributed by atoms with Crippen molar-refractivity contribution in [3.05, 3.63) is 35.9 Å². The fourth-order valence-electron chi connectivity index (χ4n) is 2.24. The van der Waals surface area contributed by atoms with Gasteiger partial charge in [-0.1, -0.05) is 12.1 Å². The first-order valence-corrected chi connectivity index (χ1v) is 8.83. The normalized spacial score (nSPS) is 11.5. The lowest BCUT2D eigenvalue weighted by molar-refractivity contribution is -0.137. The van der Waals surface area contributed by atoms with Crippen molar-refractivity contribution in [3.8, 4) is 0 Å². The van der Waals surface area contributed by atoms with E-state index in [2.05, 4.69) is 10.6 Å². The molecule has 0 saturated heterocycles. The van der Waals surface area contributed by atoms with Crippen LogP contribution in [0, 0.1) is 0 Å². The highest BCUT2D eigenvalue weighted by Crippen LogP contribution is 2.11. The van der Waals surface area contributed by atoms with Crippen molar-refractivity contribution in [1.82, 2.24) is 10.2 Å². The summed E-state index contributed by atoms with van der Waals surface area (Å²) in [5.74, 6) is -0.736. The topological polar surface area (TPSA) is 87.7 Å². The van der Waals surface area contributed by atoms with Crippen molar-refractivity contribution in [2.45, 2.75) is 33.2 Å². The van der Waals surface area contributed by atoms with E-state index in [9.17, 15) is 14.4 Å². The largest absolute Gasteiger partial charge is 0.463 e. The zero-order chi connectivity index (χ0) is 20.4. The summed E-state index contributed by atoms with van der Waals surface area (Å²) in [6, 6.07) is 7.06. The number of amides is 2. The average molecular weight is 375 g/mol. The van der Waals surface area contributed by atoms with Crippen molar-refractivity contribution in [2.24, 2.45) is 0 Å². The van der Waals surface area contributed by atoms with E-state index in [4.69, 9.17) is 4.74 Å². The van der Waals surface area contributed by atoms with Gasteiger partial charge in [0.1, 0.15) is 0 Å². The molecular weight excluding hydrogens is 346 g/mol. The van der Waals surface area contributed by atoms with Crippen LogP contribution in [0.25, 0.3) is 6.08 Å². The van der Waals surface area contributed by atoms with E-state index in [1.807, 2.05) is 20.8 Å². The fourth-order valence-corrected chi connectivity index (χ4v) is 2.24. The van der Waals surface area contributed by atoms with Crippen LogP contribution in [0.4, 0.5) is 5.69 Å². The average Bonchev–Trinajstić information content (AvgIpc) is 2.52. The maximum atomic E-state index is 12.1. The minimum absolute atomic E-state index is 0.0993. The van der Waals surface area contributed by atoms with E-state index in [1.54, 1.807) is 49.2 Å². The smallest absolute Gasteiger partial charge is 0.330 e. The number of nitrogens with zero attached hydrogens (tertiary/aromatic N) is 1. The Hall–Kier alpha value is -2.67. The first kappa shape index (κ1) is 22.4. The van der Waals surface area contributed by atoms with Crippen LogP contribution in [-0.4, -0.2) is 55.0 Å². The van der Waals surface area contributed by atoms with Gasteiger partial charge in [-0.3, -0.25) is 14.5 Å². The van der Waals surface area contributed by atoms with Crippen molar-refractivity contribution in [1.29, 1.82) is 0 Å². The third-order valence-electron chi connectivity index (χ3n) is 3.23. The third-order valence-corrected chi connectivity index (χ3v) is 3.23. The Balaban J connectivity index is 2.48. The van der Waals surface area contributed by atoms with Gasteiger partial charge in [0.25, 0.3) is 0 Å². The van der Waals surface area contributed by atoms with Gasteiger partial charge in [0.2, 0.25) is 11.8 Å². The Morgan fingerprint density at radius 2 is 1.67 bits per heavy atom. The van der Waals surface area contributed by atoms with E-state index < -0.39 is 5.97 Å². The predicted molar refractivity (Wildman–Crippen MR) is 106 cm³/mol. The number of nitrogens with one attached hydrogen (secondary N) is 2. The monoisotopic (exact) mass is 375 g/mol. The summed E-state index contributed by atoms with van der Waals surface area (Å²) in [6.07, 6.45) is 3.00. The van der Waals surface area contributed by atoms with E-state index in [0.29, 0.717) is 12.3 Å². The molecule has 0 aliphatic carbocycles. The molecule has 1 rings (SSSR count). The minimum Gasteiger partial charge on any atom is -0.463 e.